The number of aryl methyl sites for hydroxylation is 2. The fraction of sp³-hybridized carbons (Fsp3) is 0.308. The molecule has 0 bridgehead atoms. The molecular formula is C13H14Cl2N2O. The molecule has 1 heterocycles. The van der Waals surface area contributed by atoms with Gasteiger partial charge in [-0.05, 0) is 31.0 Å². The Bertz CT molecular complexity index is 579. The Morgan fingerprint density at radius 3 is 2.56 bits per heavy atom. The van der Waals surface area contributed by atoms with Gasteiger partial charge in [-0.15, -0.1) is 0 Å². The Labute approximate surface area is 116 Å². The van der Waals surface area contributed by atoms with Crippen LogP contribution in [0.1, 0.15) is 23.7 Å². The van der Waals surface area contributed by atoms with Crippen LogP contribution in [0.4, 0.5) is 0 Å². The van der Waals surface area contributed by atoms with Crippen LogP contribution in [0.2, 0.25) is 10.2 Å². The molecule has 3 nitrogen and oxygen atoms in total. The number of aliphatic hydroxyl groups excluding tert-OH is 1. The standard InChI is InChI=1S/C13H14Cl2N2O/c1-3-12-10(7-18)13(15)17(16-12)9-5-4-8(2)11(14)6-9/h4-6,18H,3,7H2,1-2H3. The summed E-state index contributed by atoms with van der Waals surface area (Å²) in [6, 6.07) is 5.64. The number of nitrogens with zero attached hydrogens (tertiary/aromatic N) is 2. The van der Waals surface area contributed by atoms with Gasteiger partial charge in [0.1, 0.15) is 5.15 Å². The van der Waals surface area contributed by atoms with Crippen LogP contribution < -0.4 is 0 Å². The summed E-state index contributed by atoms with van der Waals surface area (Å²) in [5.74, 6) is 0. The molecule has 0 amide bonds. The molecular weight excluding hydrogens is 271 g/mol. The minimum Gasteiger partial charge on any atom is -0.391 e. The number of hydrogen-bond donors (Lipinski definition) is 1. The monoisotopic (exact) mass is 284 g/mol. The molecule has 0 fully saturated rings. The summed E-state index contributed by atoms with van der Waals surface area (Å²) in [5, 5.41) is 14.8. The van der Waals surface area contributed by atoms with Crippen molar-refractivity contribution < 1.29 is 5.11 Å². The van der Waals surface area contributed by atoms with Crippen LogP contribution in [0.5, 0.6) is 0 Å². The summed E-state index contributed by atoms with van der Waals surface area (Å²) in [6.45, 7) is 3.80. The van der Waals surface area contributed by atoms with Crippen molar-refractivity contribution in [2.75, 3.05) is 0 Å². The molecule has 0 saturated heterocycles. The molecule has 0 unspecified atom stereocenters. The zero-order valence-electron chi connectivity index (χ0n) is 10.2. The van der Waals surface area contributed by atoms with E-state index >= 15 is 0 Å². The third-order valence-corrected chi connectivity index (χ3v) is 3.69. The highest BCUT2D eigenvalue weighted by Crippen LogP contribution is 2.26. The van der Waals surface area contributed by atoms with Crippen molar-refractivity contribution in [1.29, 1.82) is 0 Å². The first-order valence-corrected chi connectivity index (χ1v) is 6.47. The normalized spacial score (nSPS) is 10.9. The second-order valence-electron chi connectivity index (χ2n) is 4.07. The maximum Gasteiger partial charge on any atom is 0.138 e. The lowest BCUT2D eigenvalue weighted by Gasteiger charge is -2.05. The van der Waals surface area contributed by atoms with Gasteiger partial charge in [0, 0.05) is 10.6 Å². The minimum atomic E-state index is -0.110. The summed E-state index contributed by atoms with van der Waals surface area (Å²) in [6.07, 6.45) is 0.724. The van der Waals surface area contributed by atoms with Gasteiger partial charge in [0.2, 0.25) is 0 Å². The van der Waals surface area contributed by atoms with Crippen molar-refractivity contribution in [3.05, 3.63) is 45.2 Å². The summed E-state index contributed by atoms with van der Waals surface area (Å²) in [5.41, 5.74) is 3.28. The summed E-state index contributed by atoms with van der Waals surface area (Å²) >= 11 is 12.3. The van der Waals surface area contributed by atoms with Gasteiger partial charge in [-0.1, -0.05) is 36.2 Å². The number of aliphatic hydroxyl groups is 1. The molecule has 0 saturated carbocycles. The molecule has 1 aromatic heterocycles. The highest BCUT2D eigenvalue weighted by molar-refractivity contribution is 6.32. The van der Waals surface area contributed by atoms with Crippen molar-refractivity contribution >= 4 is 23.2 Å². The Balaban J connectivity index is 2.56. The highest BCUT2D eigenvalue weighted by atomic mass is 35.5. The highest BCUT2D eigenvalue weighted by Gasteiger charge is 2.15. The average Bonchev–Trinajstić information content (AvgIpc) is 2.69. The van der Waals surface area contributed by atoms with Gasteiger partial charge in [0.15, 0.2) is 0 Å². The summed E-state index contributed by atoms with van der Waals surface area (Å²) < 4.78 is 1.61. The molecule has 1 aromatic carbocycles. The fourth-order valence-electron chi connectivity index (χ4n) is 1.80. The molecule has 18 heavy (non-hydrogen) atoms. The van der Waals surface area contributed by atoms with E-state index in [1.54, 1.807) is 4.68 Å². The zero-order valence-corrected chi connectivity index (χ0v) is 11.8. The molecule has 2 aromatic rings. The molecule has 5 heteroatoms. The molecule has 0 atom stereocenters. The Morgan fingerprint density at radius 1 is 1.33 bits per heavy atom. The smallest absolute Gasteiger partial charge is 0.138 e. The lowest BCUT2D eigenvalue weighted by atomic mass is 10.2. The van der Waals surface area contributed by atoms with Gasteiger partial charge in [-0.2, -0.15) is 5.10 Å². The molecule has 0 spiro atoms. The molecule has 1 N–H and O–H groups in total. The number of hydrogen-bond acceptors (Lipinski definition) is 2. The van der Waals surface area contributed by atoms with Gasteiger partial charge in [-0.3, -0.25) is 0 Å². The lowest BCUT2D eigenvalue weighted by molar-refractivity contribution is 0.281. The largest absolute Gasteiger partial charge is 0.391 e. The lowest BCUT2D eigenvalue weighted by Crippen LogP contribution is -1.97. The van der Waals surface area contributed by atoms with E-state index in [2.05, 4.69) is 5.10 Å². The Kier molecular flexibility index (Phi) is 3.95. The first-order valence-electron chi connectivity index (χ1n) is 5.72. The van der Waals surface area contributed by atoms with Gasteiger partial charge in [0.25, 0.3) is 0 Å². The summed E-state index contributed by atoms with van der Waals surface area (Å²) in [4.78, 5) is 0. The van der Waals surface area contributed by atoms with Crippen molar-refractivity contribution in [3.8, 4) is 5.69 Å². The van der Waals surface area contributed by atoms with Crippen LogP contribution >= 0.6 is 23.2 Å². The SMILES string of the molecule is CCc1nn(-c2ccc(C)c(Cl)c2)c(Cl)c1CO. The molecule has 0 radical (unpaired) electrons. The topological polar surface area (TPSA) is 38.0 Å². The van der Waals surface area contributed by atoms with Crippen LogP contribution in [0, 0.1) is 6.92 Å². The van der Waals surface area contributed by atoms with E-state index in [4.69, 9.17) is 23.2 Å². The quantitative estimate of drug-likeness (QED) is 0.936. The summed E-state index contributed by atoms with van der Waals surface area (Å²) in [7, 11) is 0. The number of halogens is 2. The van der Waals surface area contributed by atoms with Crippen LogP contribution in [-0.4, -0.2) is 14.9 Å². The van der Waals surface area contributed by atoms with Crippen LogP contribution in [0.15, 0.2) is 18.2 Å². The van der Waals surface area contributed by atoms with E-state index in [1.807, 2.05) is 32.0 Å². The number of aromatic nitrogens is 2. The molecule has 0 aliphatic rings. The molecule has 0 aliphatic heterocycles. The average molecular weight is 285 g/mol. The molecule has 0 aliphatic carbocycles. The first-order chi connectivity index (χ1) is 8.58. The first kappa shape index (κ1) is 13.4. The van der Waals surface area contributed by atoms with Crippen LogP contribution in [0.3, 0.4) is 0 Å². The van der Waals surface area contributed by atoms with Crippen molar-refractivity contribution in [1.82, 2.24) is 9.78 Å². The van der Waals surface area contributed by atoms with Crippen molar-refractivity contribution in [2.45, 2.75) is 26.9 Å². The molecule has 2 rings (SSSR count). The third kappa shape index (κ3) is 2.26. The number of benzene rings is 1. The van der Waals surface area contributed by atoms with Gasteiger partial charge in [-0.25, -0.2) is 4.68 Å². The predicted octanol–water partition coefficient (Wildman–Crippen LogP) is 3.54. The predicted molar refractivity (Wildman–Crippen MR) is 73.6 cm³/mol. The van der Waals surface area contributed by atoms with E-state index < -0.39 is 0 Å². The third-order valence-electron chi connectivity index (χ3n) is 2.90. The van der Waals surface area contributed by atoms with Crippen LogP contribution in [-0.2, 0) is 13.0 Å². The van der Waals surface area contributed by atoms with E-state index in [0.717, 1.165) is 23.4 Å². The minimum absolute atomic E-state index is 0.110. The van der Waals surface area contributed by atoms with E-state index in [1.165, 1.54) is 0 Å². The Hall–Kier alpha value is -1.03. The molecule has 96 valence electrons. The van der Waals surface area contributed by atoms with E-state index in [0.29, 0.717) is 15.7 Å². The van der Waals surface area contributed by atoms with Gasteiger partial charge < -0.3 is 5.11 Å². The number of rotatable bonds is 3. The van der Waals surface area contributed by atoms with Crippen molar-refractivity contribution in [2.24, 2.45) is 0 Å². The maximum atomic E-state index is 9.33. The van der Waals surface area contributed by atoms with Crippen LogP contribution in [0.25, 0.3) is 5.69 Å². The van der Waals surface area contributed by atoms with E-state index in [-0.39, 0.29) is 6.61 Å². The fourth-order valence-corrected chi connectivity index (χ4v) is 2.28. The second kappa shape index (κ2) is 5.31. The van der Waals surface area contributed by atoms with Gasteiger partial charge >= 0.3 is 0 Å². The Morgan fingerprint density at radius 2 is 2.06 bits per heavy atom. The second-order valence-corrected chi connectivity index (χ2v) is 4.84. The van der Waals surface area contributed by atoms with Crippen molar-refractivity contribution in [3.63, 3.8) is 0 Å². The van der Waals surface area contributed by atoms with Gasteiger partial charge in [0.05, 0.1) is 18.0 Å². The zero-order chi connectivity index (χ0) is 13.3. The van der Waals surface area contributed by atoms with E-state index in [9.17, 15) is 5.11 Å². The maximum absolute atomic E-state index is 9.33.